The zero-order valence-corrected chi connectivity index (χ0v) is 11.0. The van der Waals surface area contributed by atoms with Gasteiger partial charge in [0.2, 0.25) is 5.82 Å². The van der Waals surface area contributed by atoms with E-state index in [1.807, 2.05) is 0 Å². The Labute approximate surface area is 113 Å². The highest BCUT2D eigenvalue weighted by Crippen LogP contribution is 2.26. The maximum absolute atomic E-state index is 13.6. The summed E-state index contributed by atoms with van der Waals surface area (Å²) in [7, 11) is 1.37. The summed E-state index contributed by atoms with van der Waals surface area (Å²) in [5.41, 5.74) is 6.26. The monoisotopic (exact) mass is 280 g/mol. The number of nitro groups is 1. The minimum absolute atomic E-state index is 0.0521. The molecular weight excluding hydrogens is 267 g/mol. The molecule has 0 fully saturated rings. The molecule has 0 radical (unpaired) electrons. The number of rotatable bonds is 4. The molecule has 106 valence electrons. The summed E-state index contributed by atoms with van der Waals surface area (Å²) in [6.07, 6.45) is 0. The minimum atomic E-state index is -0.581. The van der Waals surface area contributed by atoms with Crippen molar-refractivity contribution in [2.24, 2.45) is 0 Å². The van der Waals surface area contributed by atoms with Crippen LogP contribution in [0.2, 0.25) is 0 Å². The van der Waals surface area contributed by atoms with Crippen molar-refractivity contribution in [1.29, 1.82) is 0 Å². The Kier molecular flexibility index (Phi) is 3.55. The quantitative estimate of drug-likeness (QED) is 0.681. The van der Waals surface area contributed by atoms with Crippen LogP contribution in [-0.2, 0) is 6.54 Å². The summed E-state index contributed by atoms with van der Waals surface area (Å²) in [5.74, 6) is -0.435. The fraction of sp³-hybridized carbons (Fsp3) is 0.250. The van der Waals surface area contributed by atoms with E-state index in [0.29, 0.717) is 5.56 Å². The van der Waals surface area contributed by atoms with E-state index in [4.69, 9.17) is 10.5 Å². The first kappa shape index (κ1) is 13.8. The molecule has 7 nitrogen and oxygen atoms in total. The van der Waals surface area contributed by atoms with Crippen LogP contribution in [0.3, 0.4) is 0 Å². The predicted octanol–water partition coefficient (Wildman–Crippen LogP) is 1.88. The summed E-state index contributed by atoms with van der Waals surface area (Å²) >= 11 is 0. The molecule has 2 N–H and O–H groups in total. The average molecular weight is 280 g/mol. The van der Waals surface area contributed by atoms with Gasteiger partial charge in [-0.1, -0.05) is 6.07 Å². The molecule has 1 aromatic carbocycles. The van der Waals surface area contributed by atoms with Gasteiger partial charge < -0.3 is 10.5 Å². The van der Waals surface area contributed by atoms with Gasteiger partial charge in [0.15, 0.2) is 11.6 Å². The highest BCUT2D eigenvalue weighted by molar-refractivity contribution is 5.56. The molecule has 1 heterocycles. The molecule has 0 bridgehead atoms. The van der Waals surface area contributed by atoms with Crippen molar-refractivity contribution in [2.45, 2.75) is 13.5 Å². The number of halogens is 1. The number of hydrogen-bond acceptors (Lipinski definition) is 5. The van der Waals surface area contributed by atoms with Crippen molar-refractivity contribution in [2.75, 3.05) is 12.8 Å². The van der Waals surface area contributed by atoms with Gasteiger partial charge in [-0.15, -0.1) is 0 Å². The number of nitrogens with two attached hydrogens (primary N) is 1. The van der Waals surface area contributed by atoms with E-state index >= 15 is 0 Å². The Bertz CT molecular complexity index is 669. The Morgan fingerprint density at radius 1 is 1.55 bits per heavy atom. The third-order valence-corrected chi connectivity index (χ3v) is 2.87. The molecule has 0 unspecified atom stereocenters. The van der Waals surface area contributed by atoms with Crippen LogP contribution < -0.4 is 10.5 Å². The predicted molar refractivity (Wildman–Crippen MR) is 70.1 cm³/mol. The van der Waals surface area contributed by atoms with Crippen molar-refractivity contribution in [3.63, 3.8) is 0 Å². The summed E-state index contributed by atoms with van der Waals surface area (Å²) in [5, 5.41) is 14.8. The second-order valence-electron chi connectivity index (χ2n) is 4.20. The lowest BCUT2D eigenvalue weighted by Crippen LogP contribution is -2.07. The van der Waals surface area contributed by atoms with E-state index in [2.05, 4.69) is 5.10 Å². The van der Waals surface area contributed by atoms with Crippen LogP contribution in [0.15, 0.2) is 18.2 Å². The van der Waals surface area contributed by atoms with Crippen molar-refractivity contribution in [1.82, 2.24) is 9.78 Å². The van der Waals surface area contributed by atoms with Crippen molar-refractivity contribution in [3.8, 4) is 5.75 Å². The lowest BCUT2D eigenvalue weighted by atomic mass is 10.2. The van der Waals surface area contributed by atoms with Gasteiger partial charge in [0, 0.05) is 0 Å². The van der Waals surface area contributed by atoms with Crippen molar-refractivity contribution in [3.05, 3.63) is 45.4 Å². The fourth-order valence-electron chi connectivity index (χ4n) is 1.92. The highest BCUT2D eigenvalue weighted by Gasteiger charge is 2.22. The first-order valence-electron chi connectivity index (χ1n) is 5.73. The maximum atomic E-state index is 13.6. The number of nitrogen functional groups attached to an aromatic ring is 1. The van der Waals surface area contributed by atoms with Gasteiger partial charge in [0.1, 0.15) is 5.69 Å². The van der Waals surface area contributed by atoms with Crippen molar-refractivity contribution < 1.29 is 14.1 Å². The molecule has 2 aromatic rings. The Hall–Kier alpha value is -2.64. The first-order chi connectivity index (χ1) is 9.43. The molecule has 0 saturated carbocycles. The molecule has 1 aromatic heterocycles. The standard InChI is InChI=1S/C12H13FN4O3/c1-7-11(17(18)19)12(14)16(15-7)6-8-3-4-10(20-2)9(13)5-8/h3-5H,6,14H2,1-2H3. The Morgan fingerprint density at radius 2 is 2.25 bits per heavy atom. The first-order valence-corrected chi connectivity index (χ1v) is 5.73. The summed E-state index contributed by atoms with van der Waals surface area (Å²) < 4.78 is 19.7. The smallest absolute Gasteiger partial charge is 0.333 e. The average Bonchev–Trinajstić information content (AvgIpc) is 2.64. The topological polar surface area (TPSA) is 96.2 Å². The van der Waals surface area contributed by atoms with Crippen LogP contribution in [0, 0.1) is 22.9 Å². The summed E-state index contributed by atoms with van der Waals surface area (Å²) in [6, 6.07) is 4.40. The molecule has 8 heteroatoms. The molecule has 0 aliphatic heterocycles. The number of aryl methyl sites for hydroxylation is 1. The SMILES string of the molecule is COc1ccc(Cn2nc(C)c([N+](=O)[O-])c2N)cc1F. The van der Waals surface area contributed by atoms with Gasteiger partial charge >= 0.3 is 5.69 Å². The zero-order valence-electron chi connectivity index (χ0n) is 11.0. The second-order valence-corrected chi connectivity index (χ2v) is 4.20. The van der Waals surface area contributed by atoms with Crippen LogP contribution >= 0.6 is 0 Å². The van der Waals surface area contributed by atoms with E-state index in [1.165, 1.54) is 30.8 Å². The maximum Gasteiger partial charge on any atom is 0.333 e. The number of anilines is 1. The number of aromatic nitrogens is 2. The molecule has 0 saturated heterocycles. The second kappa shape index (κ2) is 5.16. The van der Waals surface area contributed by atoms with Crippen molar-refractivity contribution >= 4 is 11.5 Å². The molecule has 0 aliphatic rings. The van der Waals surface area contributed by atoms with E-state index in [-0.39, 0.29) is 29.5 Å². The number of benzene rings is 1. The van der Waals surface area contributed by atoms with E-state index in [1.54, 1.807) is 6.07 Å². The summed E-state index contributed by atoms with van der Waals surface area (Å²) in [4.78, 5) is 10.3. The van der Waals surface area contributed by atoms with Crippen LogP contribution in [0.25, 0.3) is 0 Å². The Balaban J connectivity index is 2.33. The lowest BCUT2D eigenvalue weighted by Gasteiger charge is -2.06. The van der Waals surface area contributed by atoms with Gasteiger partial charge in [-0.25, -0.2) is 9.07 Å². The molecule has 0 amide bonds. The van der Waals surface area contributed by atoms with Gasteiger partial charge in [0.05, 0.1) is 18.6 Å². The van der Waals surface area contributed by atoms with Gasteiger partial charge in [0.25, 0.3) is 0 Å². The molecule has 20 heavy (non-hydrogen) atoms. The van der Waals surface area contributed by atoms with Crippen LogP contribution in [0.5, 0.6) is 5.75 Å². The number of ether oxygens (including phenoxy) is 1. The van der Waals surface area contributed by atoms with Gasteiger partial charge in [-0.3, -0.25) is 10.1 Å². The minimum Gasteiger partial charge on any atom is -0.494 e. The van der Waals surface area contributed by atoms with Gasteiger partial charge in [-0.05, 0) is 24.6 Å². The van der Waals surface area contributed by atoms with Crippen LogP contribution in [0.4, 0.5) is 15.9 Å². The molecule has 2 rings (SSSR count). The largest absolute Gasteiger partial charge is 0.494 e. The van der Waals surface area contributed by atoms with E-state index in [9.17, 15) is 14.5 Å². The third kappa shape index (κ3) is 2.40. The number of hydrogen-bond donors (Lipinski definition) is 1. The molecule has 0 spiro atoms. The normalized spacial score (nSPS) is 10.6. The summed E-state index contributed by atoms with van der Waals surface area (Å²) in [6.45, 7) is 1.64. The van der Waals surface area contributed by atoms with Crippen LogP contribution in [0.1, 0.15) is 11.3 Å². The van der Waals surface area contributed by atoms with E-state index in [0.717, 1.165) is 0 Å². The molecule has 0 aliphatic carbocycles. The third-order valence-electron chi connectivity index (χ3n) is 2.87. The van der Waals surface area contributed by atoms with E-state index < -0.39 is 10.7 Å². The molecule has 0 atom stereocenters. The Morgan fingerprint density at radius 3 is 2.75 bits per heavy atom. The number of nitrogens with zero attached hydrogens (tertiary/aromatic N) is 3. The van der Waals surface area contributed by atoms with Gasteiger partial charge in [-0.2, -0.15) is 5.10 Å². The van der Waals surface area contributed by atoms with Crippen LogP contribution in [-0.4, -0.2) is 21.8 Å². The molecular formula is C12H13FN4O3. The zero-order chi connectivity index (χ0) is 14.9. The number of methoxy groups -OCH3 is 1. The highest BCUT2D eigenvalue weighted by atomic mass is 19.1. The lowest BCUT2D eigenvalue weighted by molar-refractivity contribution is -0.384. The fourth-order valence-corrected chi connectivity index (χ4v) is 1.92.